The van der Waals surface area contributed by atoms with E-state index < -0.39 is 0 Å². The third kappa shape index (κ3) is 0.879. The van der Waals surface area contributed by atoms with E-state index in [4.69, 9.17) is 0 Å². The quantitative estimate of drug-likeness (QED) is 0.272. The van der Waals surface area contributed by atoms with Crippen molar-refractivity contribution in [1.29, 1.82) is 0 Å². The van der Waals surface area contributed by atoms with Crippen LogP contribution in [-0.2, 0) is 0 Å². The maximum absolute atomic E-state index is 10.3. The molecule has 3 nitrogen and oxygen atoms in total. The van der Waals surface area contributed by atoms with Gasteiger partial charge in [-0.2, -0.15) is 0 Å². The lowest BCUT2D eigenvalue weighted by molar-refractivity contribution is 0.0596. The van der Waals surface area contributed by atoms with Crippen molar-refractivity contribution >= 4 is 31.4 Å². The second-order valence-corrected chi connectivity index (χ2v) is 4.20. The van der Waals surface area contributed by atoms with E-state index in [-0.39, 0.29) is 10.7 Å². The molecule has 7 heteroatoms. The SMILES string of the molecule is BC1(B)CC(B)(B)N1N=O. The molecule has 10 heavy (non-hydrogen) atoms. The summed E-state index contributed by atoms with van der Waals surface area (Å²) < 4.78 is 0. The van der Waals surface area contributed by atoms with Crippen LogP contribution in [0, 0.1) is 4.91 Å². The topological polar surface area (TPSA) is 32.7 Å². The summed E-state index contributed by atoms with van der Waals surface area (Å²) >= 11 is 0. The van der Waals surface area contributed by atoms with Crippen LogP contribution in [0.3, 0.4) is 0 Å². The monoisotopic (exact) mass is 134 g/mol. The molecule has 0 saturated carbocycles. The van der Waals surface area contributed by atoms with E-state index >= 15 is 0 Å². The molecule has 0 amide bonds. The van der Waals surface area contributed by atoms with E-state index in [1.165, 1.54) is 0 Å². The average molecular weight is 133 g/mol. The second-order valence-electron chi connectivity index (χ2n) is 4.20. The first kappa shape index (κ1) is 7.76. The standard InChI is InChI=1S/C3H10B4N2O/c4-2(5)1-3(6,7)9(2)8-10/h1,4-7H2. The fourth-order valence-corrected chi connectivity index (χ4v) is 2.16. The molecule has 1 rings (SSSR count). The summed E-state index contributed by atoms with van der Waals surface area (Å²) in [6.07, 6.45) is 1.03. The summed E-state index contributed by atoms with van der Waals surface area (Å²) in [5.74, 6) is 0. The Hall–Kier alpha value is -0.340. The molecule has 1 saturated heterocycles. The van der Waals surface area contributed by atoms with Crippen LogP contribution in [0.25, 0.3) is 0 Å². The van der Waals surface area contributed by atoms with Crippen molar-refractivity contribution in [2.45, 2.75) is 17.1 Å². The number of hydrogen-bond acceptors (Lipinski definition) is 2. The third-order valence-electron chi connectivity index (χ3n) is 2.09. The van der Waals surface area contributed by atoms with Gasteiger partial charge in [-0.25, -0.2) is 0 Å². The van der Waals surface area contributed by atoms with E-state index in [9.17, 15) is 4.91 Å². The second kappa shape index (κ2) is 1.83. The van der Waals surface area contributed by atoms with Crippen LogP contribution in [0.1, 0.15) is 6.42 Å². The van der Waals surface area contributed by atoms with Gasteiger partial charge in [0.05, 0.1) is 5.29 Å². The molecule has 0 radical (unpaired) electrons. The molecule has 1 fully saturated rings. The van der Waals surface area contributed by atoms with E-state index in [1.54, 1.807) is 5.01 Å². The van der Waals surface area contributed by atoms with Gasteiger partial charge < -0.3 is 0 Å². The maximum atomic E-state index is 10.3. The van der Waals surface area contributed by atoms with Crippen LogP contribution in [0.15, 0.2) is 5.29 Å². The van der Waals surface area contributed by atoms with Crippen LogP contribution in [0.5, 0.6) is 0 Å². The van der Waals surface area contributed by atoms with Gasteiger partial charge in [-0.1, -0.05) is 0 Å². The van der Waals surface area contributed by atoms with Crippen molar-refractivity contribution < 1.29 is 0 Å². The molecule has 1 aliphatic heterocycles. The number of nitrogens with zero attached hydrogens (tertiary/aromatic N) is 2. The normalized spacial score (nSPS) is 27.0. The smallest absolute Gasteiger partial charge is 0.126 e. The summed E-state index contributed by atoms with van der Waals surface area (Å²) in [4.78, 5) is 10.3. The van der Waals surface area contributed by atoms with Crippen LogP contribution >= 0.6 is 0 Å². The van der Waals surface area contributed by atoms with Crippen LogP contribution < -0.4 is 0 Å². The van der Waals surface area contributed by atoms with Gasteiger partial charge in [0, 0.05) is 0 Å². The van der Waals surface area contributed by atoms with Crippen molar-refractivity contribution in [2.24, 2.45) is 5.29 Å². The van der Waals surface area contributed by atoms with Gasteiger partial charge in [0.2, 0.25) is 0 Å². The Morgan fingerprint density at radius 3 is 1.70 bits per heavy atom. The first-order chi connectivity index (χ1) is 4.40. The predicted molar refractivity (Wildman–Crippen MR) is 51.9 cm³/mol. The Morgan fingerprint density at radius 1 is 1.20 bits per heavy atom. The minimum Gasteiger partial charge on any atom is -0.281 e. The zero-order chi connectivity index (χ0) is 7.99. The highest BCUT2D eigenvalue weighted by Gasteiger charge is 2.50. The molecule has 0 spiro atoms. The molecule has 50 valence electrons. The van der Waals surface area contributed by atoms with Gasteiger partial charge in [-0.3, -0.25) is 5.01 Å². The van der Waals surface area contributed by atoms with Gasteiger partial charge in [0.15, 0.2) is 0 Å². The Kier molecular flexibility index (Phi) is 1.42. The lowest BCUT2D eigenvalue weighted by atomic mass is 9.39. The molecule has 0 atom stereocenters. The molecule has 0 unspecified atom stereocenters. The minimum absolute atomic E-state index is 0.0226. The van der Waals surface area contributed by atoms with Crippen LogP contribution in [-0.4, -0.2) is 47.1 Å². The Bertz CT molecular complexity index is 156. The fraction of sp³-hybridized carbons (Fsp3) is 1.00. The van der Waals surface area contributed by atoms with Crippen molar-refractivity contribution in [3.63, 3.8) is 0 Å². The van der Waals surface area contributed by atoms with Gasteiger partial charge in [0.25, 0.3) is 0 Å². The fourth-order valence-electron chi connectivity index (χ4n) is 2.16. The predicted octanol–water partition coefficient (Wildman–Crippen LogP) is -3.79. The average Bonchev–Trinajstić information content (AvgIpc) is 1.59. The summed E-state index contributed by atoms with van der Waals surface area (Å²) in [6.45, 7) is 0. The summed E-state index contributed by atoms with van der Waals surface area (Å²) in [5.41, 5.74) is 0. The van der Waals surface area contributed by atoms with Gasteiger partial charge in [-0.15, -0.1) is 4.91 Å². The largest absolute Gasteiger partial charge is 0.281 e. The van der Waals surface area contributed by atoms with Gasteiger partial charge in [0.1, 0.15) is 31.4 Å². The van der Waals surface area contributed by atoms with E-state index in [0.717, 1.165) is 6.42 Å². The molecular formula is C3H10B4N2O. The lowest BCUT2D eigenvalue weighted by Crippen LogP contribution is -2.73. The molecule has 1 aliphatic rings. The number of hydrogen-bond donors (Lipinski definition) is 0. The minimum atomic E-state index is -0.0226. The number of nitroso groups, excluding NO2 is 1. The molecule has 0 aliphatic carbocycles. The molecule has 0 N–H and O–H groups in total. The first-order valence-corrected chi connectivity index (χ1v) is 3.54. The Morgan fingerprint density at radius 2 is 1.60 bits per heavy atom. The molecule has 0 bridgehead atoms. The summed E-state index contributed by atoms with van der Waals surface area (Å²) in [7, 11) is 8.11. The molecular weight excluding hydrogens is 123 g/mol. The van der Waals surface area contributed by atoms with Crippen molar-refractivity contribution in [1.82, 2.24) is 5.01 Å². The van der Waals surface area contributed by atoms with Gasteiger partial charge >= 0.3 is 0 Å². The summed E-state index contributed by atoms with van der Waals surface area (Å²) in [5, 5.41) is 4.56. The summed E-state index contributed by atoms with van der Waals surface area (Å²) in [6, 6.07) is 0. The molecule has 1 heterocycles. The number of rotatable bonds is 1. The highest BCUT2D eigenvalue weighted by atomic mass is 16.3. The van der Waals surface area contributed by atoms with E-state index in [2.05, 4.69) is 5.29 Å². The van der Waals surface area contributed by atoms with Crippen LogP contribution in [0.2, 0.25) is 0 Å². The Labute approximate surface area is 64.5 Å². The van der Waals surface area contributed by atoms with Crippen LogP contribution in [0.4, 0.5) is 0 Å². The zero-order valence-electron chi connectivity index (χ0n) is 7.01. The highest BCUT2D eigenvalue weighted by Crippen LogP contribution is 2.36. The third-order valence-corrected chi connectivity index (χ3v) is 2.09. The maximum Gasteiger partial charge on any atom is 0.126 e. The van der Waals surface area contributed by atoms with E-state index in [1.807, 2.05) is 31.4 Å². The first-order valence-electron chi connectivity index (χ1n) is 3.54. The Balaban J connectivity index is 2.73. The lowest BCUT2D eigenvalue weighted by Gasteiger charge is -2.58. The van der Waals surface area contributed by atoms with Gasteiger partial charge in [-0.05, 0) is 17.1 Å². The molecule has 0 aromatic heterocycles. The highest BCUT2D eigenvalue weighted by molar-refractivity contribution is 6.48. The van der Waals surface area contributed by atoms with E-state index in [0.29, 0.717) is 0 Å². The zero-order valence-corrected chi connectivity index (χ0v) is 7.01. The van der Waals surface area contributed by atoms with Crippen molar-refractivity contribution in [2.75, 3.05) is 0 Å². The molecule has 0 aromatic carbocycles. The van der Waals surface area contributed by atoms with Crippen molar-refractivity contribution in [3.05, 3.63) is 4.91 Å². The van der Waals surface area contributed by atoms with Crippen molar-refractivity contribution in [3.8, 4) is 0 Å². The molecule has 0 aromatic rings.